The van der Waals surface area contributed by atoms with E-state index in [-0.39, 0.29) is 5.54 Å². The highest BCUT2D eigenvalue weighted by Gasteiger charge is 2.54. The topological polar surface area (TPSA) is 32.3 Å². The normalized spacial score (nSPS) is 34.0. The van der Waals surface area contributed by atoms with Gasteiger partial charge >= 0.3 is 0 Å². The van der Waals surface area contributed by atoms with Crippen molar-refractivity contribution in [1.29, 1.82) is 0 Å². The van der Waals surface area contributed by atoms with E-state index < -0.39 is 0 Å². The van der Waals surface area contributed by atoms with E-state index in [0.29, 0.717) is 6.61 Å². The molecule has 0 spiro atoms. The molecular weight excluding hydrogens is 270 g/mol. The predicted molar refractivity (Wildman–Crippen MR) is 89.6 cm³/mol. The number of hydrogen-bond donors (Lipinski definition) is 2. The van der Waals surface area contributed by atoms with Crippen LogP contribution in [0.25, 0.3) is 0 Å². The van der Waals surface area contributed by atoms with Crippen molar-refractivity contribution in [2.24, 2.45) is 17.8 Å². The molecule has 2 heteroatoms. The van der Waals surface area contributed by atoms with Crippen molar-refractivity contribution >= 4 is 0 Å². The summed E-state index contributed by atoms with van der Waals surface area (Å²) in [6, 6.07) is 9.09. The van der Waals surface area contributed by atoms with Crippen LogP contribution in [0.2, 0.25) is 0 Å². The van der Waals surface area contributed by atoms with Crippen molar-refractivity contribution < 1.29 is 5.11 Å². The van der Waals surface area contributed by atoms with E-state index in [9.17, 15) is 5.11 Å². The summed E-state index contributed by atoms with van der Waals surface area (Å²) in [5.41, 5.74) is 2.88. The third-order valence-electron chi connectivity index (χ3n) is 6.50. The molecule has 22 heavy (non-hydrogen) atoms. The molecule has 3 aliphatic carbocycles. The van der Waals surface area contributed by atoms with E-state index in [2.05, 4.69) is 29.6 Å². The van der Waals surface area contributed by atoms with Gasteiger partial charge in [-0.1, -0.05) is 56.4 Å². The zero-order chi connectivity index (χ0) is 15.0. The number of rotatable bonds is 6. The molecule has 0 heterocycles. The Morgan fingerprint density at radius 1 is 1.14 bits per heavy atom. The van der Waals surface area contributed by atoms with E-state index in [1.807, 2.05) is 0 Å². The van der Waals surface area contributed by atoms with Crippen LogP contribution in [-0.4, -0.2) is 17.3 Å². The van der Waals surface area contributed by atoms with E-state index in [1.165, 1.54) is 56.1 Å². The molecule has 0 radical (unpaired) electrons. The number of benzene rings is 1. The van der Waals surface area contributed by atoms with Crippen molar-refractivity contribution in [3.8, 4) is 0 Å². The van der Waals surface area contributed by atoms with Gasteiger partial charge in [-0.3, -0.25) is 0 Å². The molecule has 0 saturated heterocycles. The maximum Gasteiger partial charge on any atom is 0.0616 e. The first-order valence-corrected chi connectivity index (χ1v) is 9.23. The molecule has 4 rings (SSSR count). The third-order valence-corrected chi connectivity index (χ3v) is 6.50. The Morgan fingerprint density at radius 2 is 2.00 bits per heavy atom. The SMILES string of the molecule is OCC1(NCc2cccc(CC3CCC3)c2)CCCC2CC21. The van der Waals surface area contributed by atoms with Crippen molar-refractivity contribution in [2.45, 2.75) is 63.5 Å². The first-order valence-electron chi connectivity index (χ1n) is 9.23. The third kappa shape index (κ3) is 2.83. The summed E-state index contributed by atoms with van der Waals surface area (Å²) in [4.78, 5) is 0. The molecule has 3 atom stereocenters. The molecule has 2 N–H and O–H groups in total. The number of fused-ring (bicyclic) bond motifs is 1. The highest BCUT2D eigenvalue weighted by molar-refractivity contribution is 5.24. The standard InChI is InChI=1S/C20H29NO/c22-14-20(9-3-8-18-12-19(18)20)21-13-17-7-2-6-16(11-17)10-15-4-1-5-15/h2,6-7,11,15,18-19,21-22H,1,3-5,8-10,12-14H2. The van der Waals surface area contributed by atoms with Crippen molar-refractivity contribution in [3.63, 3.8) is 0 Å². The first kappa shape index (κ1) is 14.7. The molecular formula is C20H29NO. The molecule has 1 aromatic carbocycles. The van der Waals surface area contributed by atoms with E-state index in [0.717, 1.165) is 30.7 Å². The molecule has 0 bridgehead atoms. The van der Waals surface area contributed by atoms with Gasteiger partial charge in [-0.05, 0) is 48.1 Å². The van der Waals surface area contributed by atoms with Gasteiger partial charge in [0.15, 0.2) is 0 Å². The van der Waals surface area contributed by atoms with Crippen LogP contribution in [0.1, 0.15) is 56.1 Å². The fourth-order valence-corrected chi connectivity index (χ4v) is 4.76. The Labute approximate surface area is 134 Å². The lowest BCUT2D eigenvalue weighted by Crippen LogP contribution is -2.51. The minimum Gasteiger partial charge on any atom is -0.394 e. The van der Waals surface area contributed by atoms with Gasteiger partial charge < -0.3 is 10.4 Å². The lowest BCUT2D eigenvalue weighted by atomic mass is 9.80. The quantitative estimate of drug-likeness (QED) is 0.840. The molecule has 3 fully saturated rings. The fourth-order valence-electron chi connectivity index (χ4n) is 4.76. The van der Waals surface area contributed by atoms with Crippen LogP contribution in [0.3, 0.4) is 0 Å². The number of aliphatic hydroxyl groups excluding tert-OH is 1. The number of nitrogens with one attached hydrogen (secondary N) is 1. The van der Waals surface area contributed by atoms with Crippen LogP contribution in [0.5, 0.6) is 0 Å². The lowest BCUT2D eigenvalue weighted by molar-refractivity contribution is 0.106. The summed E-state index contributed by atoms with van der Waals surface area (Å²) in [6.07, 6.45) is 10.6. The van der Waals surface area contributed by atoms with Crippen molar-refractivity contribution in [1.82, 2.24) is 5.32 Å². The molecule has 0 amide bonds. The number of hydrogen-bond acceptors (Lipinski definition) is 2. The van der Waals surface area contributed by atoms with Crippen molar-refractivity contribution in [3.05, 3.63) is 35.4 Å². The van der Waals surface area contributed by atoms with Crippen LogP contribution < -0.4 is 5.32 Å². The second-order valence-corrected chi connectivity index (χ2v) is 7.98. The molecule has 1 aromatic rings. The predicted octanol–water partition coefficient (Wildman–Crippen LogP) is 3.67. The first-order chi connectivity index (χ1) is 10.8. The fraction of sp³-hybridized carbons (Fsp3) is 0.700. The molecule has 120 valence electrons. The maximum atomic E-state index is 9.97. The van der Waals surface area contributed by atoms with Gasteiger partial charge in [0.1, 0.15) is 0 Å². The van der Waals surface area contributed by atoms with Crippen LogP contribution in [0.15, 0.2) is 24.3 Å². The summed E-state index contributed by atoms with van der Waals surface area (Å²) in [7, 11) is 0. The van der Waals surface area contributed by atoms with Crippen LogP contribution in [0, 0.1) is 17.8 Å². The van der Waals surface area contributed by atoms with Crippen LogP contribution in [-0.2, 0) is 13.0 Å². The molecule has 3 aliphatic rings. The molecule has 3 saturated carbocycles. The van der Waals surface area contributed by atoms with Gasteiger partial charge in [-0.15, -0.1) is 0 Å². The van der Waals surface area contributed by atoms with Gasteiger partial charge in [0.05, 0.1) is 6.61 Å². The second kappa shape index (κ2) is 5.98. The van der Waals surface area contributed by atoms with Gasteiger partial charge in [-0.25, -0.2) is 0 Å². The maximum absolute atomic E-state index is 9.97. The summed E-state index contributed by atoms with van der Waals surface area (Å²) >= 11 is 0. The average molecular weight is 299 g/mol. The monoisotopic (exact) mass is 299 g/mol. The number of aliphatic hydroxyl groups is 1. The van der Waals surface area contributed by atoms with E-state index >= 15 is 0 Å². The largest absolute Gasteiger partial charge is 0.394 e. The summed E-state index contributed by atoms with van der Waals surface area (Å²) < 4.78 is 0. The highest BCUT2D eigenvalue weighted by Crippen LogP contribution is 2.54. The summed E-state index contributed by atoms with van der Waals surface area (Å²) in [5, 5.41) is 13.7. The minimum absolute atomic E-state index is 0.00684. The zero-order valence-corrected chi connectivity index (χ0v) is 13.6. The average Bonchev–Trinajstić information content (AvgIpc) is 3.30. The molecule has 2 nitrogen and oxygen atoms in total. The summed E-state index contributed by atoms with van der Waals surface area (Å²) in [6.45, 7) is 1.21. The van der Waals surface area contributed by atoms with Gasteiger partial charge in [0.2, 0.25) is 0 Å². The highest BCUT2D eigenvalue weighted by atomic mass is 16.3. The Morgan fingerprint density at radius 3 is 2.77 bits per heavy atom. The van der Waals surface area contributed by atoms with Gasteiger partial charge in [-0.2, -0.15) is 0 Å². The Balaban J connectivity index is 1.39. The smallest absolute Gasteiger partial charge is 0.0616 e. The second-order valence-electron chi connectivity index (χ2n) is 7.98. The summed E-state index contributed by atoms with van der Waals surface area (Å²) in [5.74, 6) is 2.54. The van der Waals surface area contributed by atoms with Gasteiger partial charge in [0, 0.05) is 12.1 Å². The Hall–Kier alpha value is -0.860. The zero-order valence-electron chi connectivity index (χ0n) is 13.6. The molecule has 0 aromatic heterocycles. The minimum atomic E-state index is 0.00684. The van der Waals surface area contributed by atoms with Crippen molar-refractivity contribution in [2.75, 3.05) is 6.61 Å². The van der Waals surface area contributed by atoms with E-state index in [1.54, 1.807) is 0 Å². The van der Waals surface area contributed by atoms with E-state index in [4.69, 9.17) is 0 Å². The Kier molecular flexibility index (Phi) is 4.00. The lowest BCUT2D eigenvalue weighted by Gasteiger charge is -2.37. The molecule has 3 unspecified atom stereocenters. The van der Waals surface area contributed by atoms with Gasteiger partial charge in [0.25, 0.3) is 0 Å². The molecule has 0 aliphatic heterocycles. The van der Waals surface area contributed by atoms with Crippen LogP contribution >= 0.6 is 0 Å². The van der Waals surface area contributed by atoms with Crippen LogP contribution in [0.4, 0.5) is 0 Å². The Bertz CT molecular complexity index is 524.